The monoisotopic (exact) mass is 259 g/mol. The summed E-state index contributed by atoms with van der Waals surface area (Å²) in [6.07, 6.45) is 6.72. The Hall–Kier alpha value is -1.88. The molecule has 0 saturated carbocycles. The molecule has 2 aromatic heterocycles. The molecule has 3 rings (SSSR count). The van der Waals surface area contributed by atoms with E-state index >= 15 is 0 Å². The van der Waals surface area contributed by atoms with Crippen molar-refractivity contribution in [2.45, 2.75) is 6.42 Å². The van der Waals surface area contributed by atoms with Crippen LogP contribution in [0.1, 0.15) is 16.1 Å². The van der Waals surface area contributed by atoms with Gasteiger partial charge in [0.15, 0.2) is 0 Å². The van der Waals surface area contributed by atoms with Gasteiger partial charge >= 0.3 is 0 Å². The summed E-state index contributed by atoms with van der Waals surface area (Å²) in [5.41, 5.74) is 7.27. The molecule has 0 atom stereocenters. The van der Waals surface area contributed by atoms with Gasteiger partial charge in [-0.3, -0.25) is 9.78 Å². The number of carbonyl (C=O) groups excluding carboxylic acids is 1. The van der Waals surface area contributed by atoms with Crippen LogP contribution in [0.25, 0.3) is 10.2 Å². The van der Waals surface area contributed by atoms with Crippen LogP contribution >= 0.6 is 11.3 Å². The van der Waals surface area contributed by atoms with E-state index in [1.165, 1.54) is 11.3 Å². The third-order valence-electron chi connectivity index (χ3n) is 3.02. The van der Waals surface area contributed by atoms with Crippen molar-refractivity contribution < 1.29 is 4.79 Å². The van der Waals surface area contributed by atoms with Gasteiger partial charge in [0, 0.05) is 19.3 Å². The van der Waals surface area contributed by atoms with Gasteiger partial charge < -0.3 is 10.6 Å². The van der Waals surface area contributed by atoms with Crippen molar-refractivity contribution in [2.24, 2.45) is 0 Å². The van der Waals surface area contributed by atoms with Crippen LogP contribution in [0.15, 0.2) is 30.5 Å². The molecule has 1 aliphatic heterocycles. The highest BCUT2D eigenvalue weighted by Crippen LogP contribution is 2.32. The lowest BCUT2D eigenvalue weighted by Gasteiger charge is -2.22. The molecule has 2 N–H and O–H groups in total. The second-order valence-corrected chi connectivity index (χ2v) is 5.26. The summed E-state index contributed by atoms with van der Waals surface area (Å²) in [4.78, 5) is 19.0. The quantitative estimate of drug-likeness (QED) is 0.799. The molecule has 0 spiro atoms. The maximum Gasteiger partial charge on any atom is 0.266 e. The SMILES string of the molecule is Nc1c(C(=O)N2CC=CCC2)sc2cccnc12. The number of nitrogens with two attached hydrogens (primary N) is 1. The summed E-state index contributed by atoms with van der Waals surface area (Å²) in [7, 11) is 0. The number of nitrogens with zero attached hydrogens (tertiary/aromatic N) is 2. The summed E-state index contributed by atoms with van der Waals surface area (Å²) in [5.74, 6) is 0.0138. The average Bonchev–Trinajstić information content (AvgIpc) is 2.77. The molecule has 0 unspecified atom stereocenters. The Morgan fingerprint density at radius 1 is 1.44 bits per heavy atom. The highest BCUT2D eigenvalue weighted by atomic mass is 32.1. The molecule has 4 nitrogen and oxygen atoms in total. The van der Waals surface area contributed by atoms with Crippen LogP contribution < -0.4 is 5.73 Å². The molecular formula is C13H13N3OS. The largest absolute Gasteiger partial charge is 0.396 e. The first-order chi connectivity index (χ1) is 8.77. The minimum Gasteiger partial charge on any atom is -0.396 e. The normalized spacial score (nSPS) is 15.2. The third-order valence-corrected chi connectivity index (χ3v) is 4.17. The van der Waals surface area contributed by atoms with E-state index in [1.54, 1.807) is 6.20 Å². The van der Waals surface area contributed by atoms with Gasteiger partial charge in [-0.15, -0.1) is 11.3 Å². The number of fused-ring (bicyclic) bond motifs is 1. The first kappa shape index (κ1) is 11.2. The van der Waals surface area contributed by atoms with Crippen LogP contribution in [0.2, 0.25) is 0 Å². The number of hydrogen-bond donors (Lipinski definition) is 1. The molecule has 0 bridgehead atoms. The Morgan fingerprint density at radius 3 is 3.06 bits per heavy atom. The number of aromatic nitrogens is 1. The predicted octanol–water partition coefficient (Wildman–Crippen LogP) is 2.28. The van der Waals surface area contributed by atoms with E-state index < -0.39 is 0 Å². The summed E-state index contributed by atoms with van der Waals surface area (Å²) in [5, 5.41) is 0. The van der Waals surface area contributed by atoms with Gasteiger partial charge in [0.2, 0.25) is 0 Å². The van der Waals surface area contributed by atoms with Crippen LogP contribution in [0, 0.1) is 0 Å². The summed E-state index contributed by atoms with van der Waals surface area (Å²) in [6.45, 7) is 1.43. The van der Waals surface area contributed by atoms with E-state index in [0.717, 1.165) is 23.2 Å². The van der Waals surface area contributed by atoms with Gasteiger partial charge in [0.25, 0.3) is 5.91 Å². The molecule has 18 heavy (non-hydrogen) atoms. The van der Waals surface area contributed by atoms with Crippen molar-refractivity contribution in [1.29, 1.82) is 0 Å². The Balaban J connectivity index is 2.01. The third kappa shape index (κ3) is 1.76. The predicted molar refractivity (Wildman–Crippen MR) is 73.7 cm³/mol. The van der Waals surface area contributed by atoms with Crippen molar-refractivity contribution in [1.82, 2.24) is 9.88 Å². The van der Waals surface area contributed by atoms with Crippen molar-refractivity contribution in [2.75, 3.05) is 18.8 Å². The molecule has 0 fully saturated rings. The maximum absolute atomic E-state index is 12.4. The van der Waals surface area contributed by atoms with E-state index in [0.29, 0.717) is 17.1 Å². The zero-order chi connectivity index (χ0) is 12.5. The van der Waals surface area contributed by atoms with E-state index in [2.05, 4.69) is 11.1 Å². The van der Waals surface area contributed by atoms with Crippen LogP contribution in [0.3, 0.4) is 0 Å². The topological polar surface area (TPSA) is 59.2 Å². The van der Waals surface area contributed by atoms with Gasteiger partial charge in [-0.1, -0.05) is 12.2 Å². The molecule has 0 aromatic carbocycles. The second kappa shape index (κ2) is 4.42. The molecule has 5 heteroatoms. The summed E-state index contributed by atoms with van der Waals surface area (Å²) in [6, 6.07) is 3.80. The van der Waals surface area contributed by atoms with E-state index in [1.807, 2.05) is 23.1 Å². The van der Waals surface area contributed by atoms with E-state index in [4.69, 9.17) is 5.73 Å². The fourth-order valence-electron chi connectivity index (χ4n) is 2.08. The van der Waals surface area contributed by atoms with Crippen LogP contribution in [-0.4, -0.2) is 28.9 Å². The van der Waals surface area contributed by atoms with Gasteiger partial charge in [-0.2, -0.15) is 0 Å². The zero-order valence-corrected chi connectivity index (χ0v) is 10.6. The minimum atomic E-state index is 0.0138. The first-order valence-corrected chi connectivity index (χ1v) is 6.66. The van der Waals surface area contributed by atoms with E-state index in [-0.39, 0.29) is 5.91 Å². The minimum absolute atomic E-state index is 0.0138. The van der Waals surface area contributed by atoms with Gasteiger partial charge in [-0.25, -0.2) is 0 Å². The lowest BCUT2D eigenvalue weighted by atomic mass is 10.2. The summed E-state index contributed by atoms with van der Waals surface area (Å²) < 4.78 is 0.964. The van der Waals surface area contributed by atoms with Gasteiger partial charge in [0.1, 0.15) is 10.4 Å². The number of rotatable bonds is 1. The smallest absolute Gasteiger partial charge is 0.266 e. The number of carbonyl (C=O) groups is 1. The molecule has 0 saturated heterocycles. The molecule has 0 radical (unpaired) electrons. The lowest BCUT2D eigenvalue weighted by Crippen LogP contribution is -2.33. The van der Waals surface area contributed by atoms with Crippen LogP contribution in [0.4, 0.5) is 5.69 Å². The van der Waals surface area contributed by atoms with Crippen molar-refractivity contribution in [3.8, 4) is 0 Å². The number of pyridine rings is 1. The second-order valence-electron chi connectivity index (χ2n) is 4.21. The Labute approximate surface area is 109 Å². The highest BCUT2D eigenvalue weighted by molar-refractivity contribution is 7.21. The highest BCUT2D eigenvalue weighted by Gasteiger charge is 2.22. The molecule has 1 aliphatic rings. The standard InChI is InChI=1S/C13H13N3OS/c14-10-11-9(5-4-6-15-11)18-12(10)13(17)16-7-2-1-3-8-16/h1-2,4-6H,3,7-8,14H2. The van der Waals surface area contributed by atoms with Crippen molar-refractivity contribution in [3.63, 3.8) is 0 Å². The number of hydrogen-bond acceptors (Lipinski definition) is 4. The molecule has 3 heterocycles. The zero-order valence-electron chi connectivity index (χ0n) is 9.80. The fraction of sp³-hybridized carbons (Fsp3) is 0.231. The Kier molecular flexibility index (Phi) is 2.76. The lowest BCUT2D eigenvalue weighted by molar-refractivity contribution is 0.0777. The fourth-order valence-corrected chi connectivity index (χ4v) is 3.12. The maximum atomic E-state index is 12.4. The van der Waals surface area contributed by atoms with Crippen LogP contribution in [-0.2, 0) is 0 Å². The van der Waals surface area contributed by atoms with E-state index in [9.17, 15) is 4.79 Å². The molecular weight excluding hydrogens is 246 g/mol. The average molecular weight is 259 g/mol. The molecule has 0 aliphatic carbocycles. The summed E-state index contributed by atoms with van der Waals surface area (Å²) >= 11 is 1.42. The van der Waals surface area contributed by atoms with Gasteiger partial charge in [-0.05, 0) is 18.6 Å². The van der Waals surface area contributed by atoms with Crippen molar-refractivity contribution in [3.05, 3.63) is 35.4 Å². The number of nitrogen functional groups attached to an aromatic ring is 1. The molecule has 1 amide bonds. The number of anilines is 1. The Bertz CT molecular complexity index is 632. The molecule has 92 valence electrons. The number of amides is 1. The molecule has 2 aromatic rings. The van der Waals surface area contributed by atoms with Crippen LogP contribution in [0.5, 0.6) is 0 Å². The number of thiophene rings is 1. The first-order valence-electron chi connectivity index (χ1n) is 5.84. The van der Waals surface area contributed by atoms with Gasteiger partial charge in [0.05, 0.1) is 10.4 Å². The van der Waals surface area contributed by atoms with Crippen molar-refractivity contribution >= 4 is 33.1 Å². The Morgan fingerprint density at radius 2 is 2.33 bits per heavy atom.